The first-order valence-corrected chi connectivity index (χ1v) is 8.74. The van der Waals surface area contributed by atoms with E-state index in [-0.39, 0.29) is 17.9 Å². The van der Waals surface area contributed by atoms with Gasteiger partial charge in [0.25, 0.3) is 0 Å². The molecule has 2 aromatic heterocycles. The highest BCUT2D eigenvalue weighted by Gasteiger charge is 2.42. The lowest BCUT2D eigenvalue weighted by atomic mass is 9.94. The molecular formula is C20H20N4O2. The minimum Gasteiger partial charge on any atom is -0.339 e. The zero-order valence-corrected chi connectivity index (χ0v) is 14.6. The lowest BCUT2D eigenvalue weighted by molar-refractivity contribution is -0.127. The molecule has 0 N–H and O–H groups in total. The van der Waals surface area contributed by atoms with E-state index in [1.165, 1.54) is 5.56 Å². The molecule has 0 spiro atoms. The van der Waals surface area contributed by atoms with Gasteiger partial charge in [-0.3, -0.25) is 9.78 Å². The van der Waals surface area contributed by atoms with Crippen molar-refractivity contribution in [1.82, 2.24) is 20.0 Å². The molecule has 0 saturated carbocycles. The summed E-state index contributed by atoms with van der Waals surface area (Å²) in [5.74, 6) is 1.14. The minimum atomic E-state index is -0.144. The first kappa shape index (κ1) is 16.4. The molecule has 2 atom stereocenters. The van der Waals surface area contributed by atoms with E-state index in [0.717, 1.165) is 12.0 Å². The Morgan fingerprint density at radius 3 is 2.77 bits per heavy atom. The van der Waals surface area contributed by atoms with E-state index in [9.17, 15) is 4.79 Å². The van der Waals surface area contributed by atoms with E-state index >= 15 is 0 Å². The molecule has 0 unspecified atom stereocenters. The molecule has 3 heterocycles. The summed E-state index contributed by atoms with van der Waals surface area (Å²) in [6, 6.07) is 14.0. The number of rotatable bonds is 5. The first-order valence-electron chi connectivity index (χ1n) is 8.74. The Hall–Kier alpha value is -3.02. The molecule has 0 bridgehead atoms. The molecule has 3 aromatic rings. The zero-order valence-electron chi connectivity index (χ0n) is 14.6. The lowest BCUT2D eigenvalue weighted by Gasteiger charge is -2.23. The number of amides is 1. The number of aryl methyl sites for hydroxylation is 2. The predicted molar refractivity (Wildman–Crippen MR) is 95.3 cm³/mol. The van der Waals surface area contributed by atoms with Crippen molar-refractivity contribution < 1.29 is 9.32 Å². The van der Waals surface area contributed by atoms with Gasteiger partial charge in [0, 0.05) is 32.3 Å². The predicted octanol–water partition coefficient (Wildman–Crippen LogP) is 2.94. The van der Waals surface area contributed by atoms with Crippen molar-refractivity contribution >= 4 is 5.91 Å². The van der Waals surface area contributed by atoms with Gasteiger partial charge in [-0.1, -0.05) is 41.6 Å². The largest absolute Gasteiger partial charge is 0.339 e. The van der Waals surface area contributed by atoms with Gasteiger partial charge in [-0.2, -0.15) is 4.98 Å². The summed E-state index contributed by atoms with van der Waals surface area (Å²) in [5, 5.41) is 4.12. The van der Waals surface area contributed by atoms with Crippen LogP contribution in [0.5, 0.6) is 0 Å². The van der Waals surface area contributed by atoms with Crippen LogP contribution in [0.25, 0.3) is 0 Å². The molecule has 1 aromatic carbocycles. The normalized spacial score (nSPS) is 19.9. The second-order valence-corrected chi connectivity index (χ2v) is 6.58. The fourth-order valence-electron chi connectivity index (χ4n) is 3.52. The van der Waals surface area contributed by atoms with E-state index < -0.39 is 0 Å². The Labute approximate surface area is 151 Å². The summed E-state index contributed by atoms with van der Waals surface area (Å²) in [6.07, 6.45) is 5.45. The van der Waals surface area contributed by atoms with Crippen molar-refractivity contribution in [3.8, 4) is 0 Å². The summed E-state index contributed by atoms with van der Waals surface area (Å²) < 4.78 is 5.52. The Bertz CT molecular complexity index is 879. The number of aromatic nitrogens is 3. The number of hydrogen-bond donors (Lipinski definition) is 0. The van der Waals surface area contributed by atoms with Crippen molar-refractivity contribution in [2.75, 3.05) is 7.05 Å². The van der Waals surface area contributed by atoms with Gasteiger partial charge in [0.15, 0.2) is 5.82 Å². The molecular weight excluding hydrogens is 328 g/mol. The molecule has 4 rings (SSSR count). The van der Waals surface area contributed by atoms with E-state index in [1.807, 2.05) is 37.4 Å². The topological polar surface area (TPSA) is 72.1 Å². The molecule has 26 heavy (non-hydrogen) atoms. The second kappa shape index (κ2) is 7.07. The summed E-state index contributed by atoms with van der Waals surface area (Å²) in [6.45, 7) is 0. The van der Waals surface area contributed by atoms with Crippen LogP contribution < -0.4 is 0 Å². The monoisotopic (exact) mass is 348 g/mol. The Morgan fingerprint density at radius 2 is 2.00 bits per heavy atom. The fourth-order valence-corrected chi connectivity index (χ4v) is 3.52. The third-order valence-corrected chi connectivity index (χ3v) is 4.89. The van der Waals surface area contributed by atoms with E-state index in [0.29, 0.717) is 24.6 Å². The standard InChI is InChI=1S/C20H20N4O2/c1-24-18(25)12-16(19(24)15-8-5-11-21-13-15)20-22-17(23-26-20)10-9-14-6-3-2-4-7-14/h2-8,11,13,16,19H,9-10,12H2,1H3/t16-,19-/m1/s1. The third-order valence-electron chi connectivity index (χ3n) is 4.89. The van der Waals surface area contributed by atoms with Gasteiger partial charge in [-0.15, -0.1) is 0 Å². The third kappa shape index (κ3) is 3.22. The highest BCUT2D eigenvalue weighted by atomic mass is 16.5. The molecule has 6 heteroatoms. The maximum absolute atomic E-state index is 12.3. The van der Waals surface area contributed by atoms with Gasteiger partial charge in [-0.25, -0.2) is 0 Å². The van der Waals surface area contributed by atoms with Crippen LogP contribution in [-0.2, 0) is 17.6 Å². The molecule has 1 amide bonds. The Balaban J connectivity index is 1.53. The zero-order chi connectivity index (χ0) is 17.9. The smallest absolute Gasteiger partial charge is 0.232 e. The summed E-state index contributed by atoms with van der Waals surface area (Å²) in [4.78, 5) is 22.8. The quantitative estimate of drug-likeness (QED) is 0.709. The van der Waals surface area contributed by atoms with Gasteiger partial charge < -0.3 is 9.42 Å². The fraction of sp³-hybridized carbons (Fsp3) is 0.300. The Kier molecular flexibility index (Phi) is 4.48. The molecule has 6 nitrogen and oxygen atoms in total. The number of benzene rings is 1. The number of nitrogens with zero attached hydrogens (tertiary/aromatic N) is 4. The summed E-state index contributed by atoms with van der Waals surface area (Å²) in [7, 11) is 1.81. The highest BCUT2D eigenvalue weighted by Crippen LogP contribution is 2.42. The number of carbonyl (C=O) groups is 1. The van der Waals surface area contributed by atoms with Crippen LogP contribution >= 0.6 is 0 Å². The summed E-state index contributed by atoms with van der Waals surface area (Å²) in [5.41, 5.74) is 2.22. The minimum absolute atomic E-state index is 0.0767. The maximum atomic E-state index is 12.3. The van der Waals surface area contributed by atoms with Crippen LogP contribution in [0.1, 0.15) is 41.2 Å². The van der Waals surface area contributed by atoms with Crippen LogP contribution in [0.2, 0.25) is 0 Å². The van der Waals surface area contributed by atoms with E-state index in [4.69, 9.17) is 4.52 Å². The van der Waals surface area contributed by atoms with Gasteiger partial charge in [0.1, 0.15) is 0 Å². The molecule has 1 aliphatic rings. The van der Waals surface area contributed by atoms with Crippen molar-refractivity contribution in [3.63, 3.8) is 0 Å². The number of hydrogen-bond acceptors (Lipinski definition) is 5. The maximum Gasteiger partial charge on any atom is 0.232 e. The van der Waals surface area contributed by atoms with Gasteiger partial charge in [0.2, 0.25) is 11.8 Å². The average molecular weight is 348 g/mol. The molecule has 0 radical (unpaired) electrons. The van der Waals surface area contributed by atoms with Crippen LogP contribution in [0.4, 0.5) is 0 Å². The Morgan fingerprint density at radius 1 is 1.15 bits per heavy atom. The highest BCUT2D eigenvalue weighted by molar-refractivity contribution is 5.80. The van der Waals surface area contributed by atoms with E-state index in [1.54, 1.807) is 17.3 Å². The summed E-state index contributed by atoms with van der Waals surface area (Å²) >= 11 is 0. The first-order chi connectivity index (χ1) is 12.7. The molecule has 1 fully saturated rings. The van der Waals surface area contributed by atoms with E-state index in [2.05, 4.69) is 27.3 Å². The average Bonchev–Trinajstić information content (AvgIpc) is 3.27. The van der Waals surface area contributed by atoms with Crippen LogP contribution in [0, 0.1) is 0 Å². The number of pyridine rings is 1. The van der Waals surface area contributed by atoms with Gasteiger partial charge in [0.05, 0.1) is 12.0 Å². The van der Waals surface area contributed by atoms with Crippen LogP contribution in [0.3, 0.4) is 0 Å². The van der Waals surface area contributed by atoms with Gasteiger partial charge >= 0.3 is 0 Å². The number of carbonyl (C=O) groups excluding carboxylic acids is 1. The van der Waals surface area contributed by atoms with Crippen LogP contribution in [-0.4, -0.2) is 33.0 Å². The molecule has 132 valence electrons. The second-order valence-electron chi connectivity index (χ2n) is 6.58. The van der Waals surface area contributed by atoms with Crippen molar-refractivity contribution in [3.05, 3.63) is 77.7 Å². The van der Waals surface area contributed by atoms with Crippen molar-refractivity contribution in [2.24, 2.45) is 0 Å². The SMILES string of the molecule is CN1C(=O)C[C@@H](c2nc(CCc3ccccc3)no2)[C@H]1c1cccnc1. The molecule has 1 saturated heterocycles. The van der Waals surface area contributed by atoms with Crippen molar-refractivity contribution in [1.29, 1.82) is 0 Å². The van der Waals surface area contributed by atoms with Gasteiger partial charge in [-0.05, 0) is 23.6 Å². The lowest BCUT2D eigenvalue weighted by Crippen LogP contribution is -2.24. The molecule has 0 aliphatic carbocycles. The number of likely N-dealkylation sites (N-methyl/N-ethyl adjacent to an activating group) is 1. The number of likely N-dealkylation sites (tertiary alicyclic amines) is 1. The van der Waals surface area contributed by atoms with Crippen molar-refractivity contribution in [2.45, 2.75) is 31.2 Å². The van der Waals surface area contributed by atoms with Crippen LogP contribution in [0.15, 0.2) is 59.4 Å². The molecule has 1 aliphatic heterocycles.